The quantitative estimate of drug-likeness (QED) is 0.437. The van der Waals surface area contributed by atoms with Gasteiger partial charge in [0.15, 0.2) is 5.82 Å². The van der Waals surface area contributed by atoms with Gasteiger partial charge in [0.1, 0.15) is 11.6 Å². The second kappa shape index (κ2) is 9.39. The number of nitrogens with one attached hydrogen (secondary N) is 1. The van der Waals surface area contributed by atoms with Crippen LogP contribution in [0.3, 0.4) is 0 Å². The fourth-order valence-electron chi connectivity index (χ4n) is 3.00. The summed E-state index contributed by atoms with van der Waals surface area (Å²) in [7, 11) is 4.05. The Morgan fingerprint density at radius 3 is 2.40 bits per heavy atom. The van der Waals surface area contributed by atoms with E-state index in [0.29, 0.717) is 11.6 Å². The number of hydrogen-bond donors (Lipinski definition) is 1. The second-order valence-electron chi connectivity index (χ2n) is 7.60. The van der Waals surface area contributed by atoms with Crippen molar-refractivity contribution in [3.8, 4) is 17.0 Å². The number of ether oxygens (including phenoxy) is 1. The van der Waals surface area contributed by atoms with Crippen LogP contribution in [0.2, 0.25) is 0 Å². The van der Waals surface area contributed by atoms with Crippen LogP contribution in [0, 0.1) is 6.92 Å². The highest BCUT2D eigenvalue weighted by molar-refractivity contribution is 5.99. The first kappa shape index (κ1) is 21.3. The molecule has 0 fully saturated rings. The summed E-state index contributed by atoms with van der Waals surface area (Å²) in [6.07, 6.45) is 0.0813. The first-order valence-electron chi connectivity index (χ1n) is 10.0. The van der Waals surface area contributed by atoms with Crippen molar-refractivity contribution in [2.24, 2.45) is 5.10 Å². The average molecular weight is 404 g/mol. The molecular formula is C24H29N5O. The van der Waals surface area contributed by atoms with E-state index in [2.05, 4.69) is 49.7 Å². The summed E-state index contributed by atoms with van der Waals surface area (Å²) in [6.45, 7) is 7.87. The van der Waals surface area contributed by atoms with Crippen molar-refractivity contribution in [2.45, 2.75) is 33.8 Å². The Kier molecular flexibility index (Phi) is 6.67. The monoisotopic (exact) mass is 403 g/mol. The summed E-state index contributed by atoms with van der Waals surface area (Å²) in [5, 5.41) is 4.52. The van der Waals surface area contributed by atoms with Gasteiger partial charge in [-0.15, -0.1) is 0 Å². The minimum atomic E-state index is 0.0813. The Morgan fingerprint density at radius 2 is 1.73 bits per heavy atom. The molecular weight excluding hydrogens is 374 g/mol. The fraction of sp³-hybridized carbons (Fsp3) is 0.292. The van der Waals surface area contributed by atoms with Gasteiger partial charge in [0.25, 0.3) is 0 Å². The smallest absolute Gasteiger partial charge is 0.150 e. The number of aromatic nitrogens is 2. The molecule has 3 aromatic rings. The van der Waals surface area contributed by atoms with Gasteiger partial charge >= 0.3 is 0 Å². The third-order valence-corrected chi connectivity index (χ3v) is 4.50. The van der Waals surface area contributed by atoms with Gasteiger partial charge in [0, 0.05) is 31.4 Å². The van der Waals surface area contributed by atoms with Crippen molar-refractivity contribution in [3.63, 3.8) is 0 Å². The summed E-state index contributed by atoms with van der Waals surface area (Å²) in [5.74, 6) is 2.11. The van der Waals surface area contributed by atoms with Crippen LogP contribution in [0.15, 0.2) is 59.7 Å². The van der Waals surface area contributed by atoms with Gasteiger partial charge in [-0.2, -0.15) is 5.10 Å². The normalized spacial score (nSPS) is 11.5. The van der Waals surface area contributed by atoms with Gasteiger partial charge < -0.3 is 9.64 Å². The Bertz CT molecular complexity index is 1030. The molecule has 1 aromatic heterocycles. The number of rotatable bonds is 7. The number of hydrazone groups is 1. The molecule has 2 aromatic carbocycles. The lowest BCUT2D eigenvalue weighted by molar-refractivity contribution is 0.243. The van der Waals surface area contributed by atoms with Crippen LogP contribution in [0.5, 0.6) is 5.75 Å². The highest BCUT2D eigenvalue weighted by atomic mass is 16.5. The highest BCUT2D eigenvalue weighted by Crippen LogP contribution is 2.30. The Hall–Kier alpha value is -3.41. The maximum Gasteiger partial charge on any atom is 0.150 e. The molecule has 0 unspecified atom stereocenters. The van der Waals surface area contributed by atoms with Crippen molar-refractivity contribution in [1.82, 2.24) is 9.97 Å². The fourth-order valence-corrected chi connectivity index (χ4v) is 3.00. The number of aryl methyl sites for hydroxylation is 1. The number of benzene rings is 2. The van der Waals surface area contributed by atoms with E-state index in [-0.39, 0.29) is 6.10 Å². The zero-order valence-electron chi connectivity index (χ0n) is 18.5. The third kappa shape index (κ3) is 5.35. The molecule has 0 aliphatic carbocycles. The first-order chi connectivity index (χ1) is 14.3. The van der Waals surface area contributed by atoms with E-state index in [4.69, 9.17) is 4.74 Å². The largest absolute Gasteiger partial charge is 0.490 e. The van der Waals surface area contributed by atoms with Crippen LogP contribution in [-0.4, -0.2) is 35.9 Å². The molecule has 0 spiro atoms. The SMILES string of the molecule is CC(=NNc1cc(-c2ccccc2OC(C)C)nc(C)n1)c1ccc(N(C)C)cc1. The van der Waals surface area contributed by atoms with Crippen LogP contribution in [0.25, 0.3) is 11.3 Å². The van der Waals surface area contributed by atoms with Gasteiger partial charge in [-0.05, 0) is 57.5 Å². The zero-order chi connectivity index (χ0) is 21.7. The molecule has 1 N–H and O–H groups in total. The van der Waals surface area contributed by atoms with E-state index in [1.165, 1.54) is 0 Å². The van der Waals surface area contributed by atoms with E-state index in [0.717, 1.165) is 34.0 Å². The lowest BCUT2D eigenvalue weighted by Crippen LogP contribution is -2.09. The number of nitrogens with zero attached hydrogens (tertiary/aromatic N) is 4. The molecule has 0 amide bonds. The number of hydrogen-bond acceptors (Lipinski definition) is 6. The van der Waals surface area contributed by atoms with Crippen LogP contribution in [-0.2, 0) is 0 Å². The van der Waals surface area contributed by atoms with Gasteiger partial charge in [-0.1, -0.05) is 24.3 Å². The molecule has 0 saturated heterocycles. The minimum Gasteiger partial charge on any atom is -0.490 e. The van der Waals surface area contributed by atoms with E-state index in [1.807, 2.05) is 72.1 Å². The molecule has 0 radical (unpaired) electrons. The molecule has 6 nitrogen and oxygen atoms in total. The Morgan fingerprint density at radius 1 is 1.03 bits per heavy atom. The lowest BCUT2D eigenvalue weighted by atomic mass is 10.1. The third-order valence-electron chi connectivity index (χ3n) is 4.50. The van der Waals surface area contributed by atoms with Gasteiger partial charge in [-0.3, -0.25) is 5.43 Å². The number of anilines is 2. The minimum absolute atomic E-state index is 0.0813. The molecule has 156 valence electrons. The van der Waals surface area contributed by atoms with E-state index in [1.54, 1.807) is 0 Å². The van der Waals surface area contributed by atoms with E-state index >= 15 is 0 Å². The predicted octanol–water partition coefficient (Wildman–Crippen LogP) is 5.14. The summed E-state index contributed by atoms with van der Waals surface area (Å²) >= 11 is 0. The van der Waals surface area contributed by atoms with Crippen molar-refractivity contribution < 1.29 is 4.74 Å². The Labute approximate surface area is 178 Å². The first-order valence-corrected chi connectivity index (χ1v) is 10.0. The molecule has 3 rings (SSSR count). The van der Waals surface area contributed by atoms with Crippen LogP contribution in [0.4, 0.5) is 11.5 Å². The molecule has 0 saturated carbocycles. The summed E-state index contributed by atoms with van der Waals surface area (Å²) in [5.41, 5.74) is 7.88. The molecule has 0 bridgehead atoms. The maximum absolute atomic E-state index is 5.95. The summed E-state index contributed by atoms with van der Waals surface area (Å²) in [6, 6.07) is 18.1. The van der Waals surface area contributed by atoms with Gasteiger partial charge in [-0.25, -0.2) is 9.97 Å². The molecule has 30 heavy (non-hydrogen) atoms. The van der Waals surface area contributed by atoms with Crippen molar-refractivity contribution in [3.05, 3.63) is 66.0 Å². The topological polar surface area (TPSA) is 62.6 Å². The molecule has 0 aliphatic rings. The van der Waals surface area contributed by atoms with Crippen molar-refractivity contribution in [2.75, 3.05) is 24.4 Å². The molecule has 0 atom stereocenters. The average Bonchev–Trinajstić information content (AvgIpc) is 2.71. The van der Waals surface area contributed by atoms with Crippen molar-refractivity contribution >= 4 is 17.2 Å². The van der Waals surface area contributed by atoms with Crippen LogP contribution in [0.1, 0.15) is 32.2 Å². The highest BCUT2D eigenvalue weighted by Gasteiger charge is 2.11. The Balaban J connectivity index is 1.85. The van der Waals surface area contributed by atoms with Crippen LogP contribution < -0.4 is 15.1 Å². The maximum atomic E-state index is 5.95. The van der Waals surface area contributed by atoms with Crippen molar-refractivity contribution in [1.29, 1.82) is 0 Å². The summed E-state index contributed by atoms with van der Waals surface area (Å²) < 4.78 is 5.95. The van der Waals surface area contributed by atoms with Gasteiger partial charge in [0.2, 0.25) is 0 Å². The van der Waals surface area contributed by atoms with Crippen LogP contribution >= 0.6 is 0 Å². The molecule has 1 heterocycles. The van der Waals surface area contributed by atoms with E-state index in [9.17, 15) is 0 Å². The lowest BCUT2D eigenvalue weighted by Gasteiger charge is -2.14. The predicted molar refractivity (Wildman–Crippen MR) is 125 cm³/mol. The zero-order valence-corrected chi connectivity index (χ0v) is 18.5. The standard InChI is InChI=1S/C24H29N5O/c1-16(2)30-23-10-8-7-9-21(23)22-15-24(26-18(4)25-22)28-27-17(3)19-11-13-20(14-12-19)29(5)6/h7-16H,1-6H3,(H,25,26,28). The molecule has 6 heteroatoms. The van der Waals surface area contributed by atoms with Gasteiger partial charge in [0.05, 0.1) is 17.5 Å². The summed E-state index contributed by atoms with van der Waals surface area (Å²) in [4.78, 5) is 11.1. The second-order valence-corrected chi connectivity index (χ2v) is 7.60. The molecule has 0 aliphatic heterocycles. The van der Waals surface area contributed by atoms with E-state index < -0.39 is 0 Å². The number of para-hydroxylation sites is 1.